The Morgan fingerprint density at radius 1 is 1.23 bits per heavy atom. The van der Waals surface area contributed by atoms with Gasteiger partial charge in [0.1, 0.15) is 8.24 Å². The van der Waals surface area contributed by atoms with Crippen LogP contribution in [0.1, 0.15) is 34.6 Å². The lowest BCUT2D eigenvalue weighted by atomic mass is 10.1. The van der Waals surface area contributed by atoms with E-state index in [1.165, 1.54) is 0 Å². The van der Waals surface area contributed by atoms with E-state index in [2.05, 4.69) is 58.8 Å². The van der Waals surface area contributed by atoms with Gasteiger partial charge in [-0.2, -0.15) is 0 Å². The van der Waals surface area contributed by atoms with Crippen LogP contribution in [-0.2, 0) is 0 Å². The summed E-state index contributed by atoms with van der Waals surface area (Å²) in [5, 5.41) is 1.68. The van der Waals surface area contributed by atoms with Gasteiger partial charge in [-0.15, -0.1) is 0 Å². The van der Waals surface area contributed by atoms with Crippen molar-refractivity contribution < 1.29 is 0 Å². The molecule has 0 radical (unpaired) electrons. The highest BCUT2D eigenvalue weighted by Gasteiger charge is 2.46. The first-order valence-corrected chi connectivity index (χ1v) is 8.08. The van der Waals surface area contributed by atoms with Gasteiger partial charge in [-0.05, 0) is 20.8 Å². The van der Waals surface area contributed by atoms with Gasteiger partial charge in [-0.1, -0.05) is 38.2 Å². The van der Waals surface area contributed by atoms with Crippen LogP contribution in [0.25, 0.3) is 0 Å². The standard InChI is InChI=1S/C11H23NSi/c1-10(2,3)12-13(6,7)9-8-11(9,4)5/h8,12H,1-7H3. The normalized spacial score (nSPS) is 21.3. The molecule has 0 amide bonds. The summed E-state index contributed by atoms with van der Waals surface area (Å²) in [6, 6.07) is 0. The summed E-state index contributed by atoms with van der Waals surface area (Å²) in [6.45, 7) is 16.2. The lowest BCUT2D eigenvalue weighted by Gasteiger charge is -2.33. The second kappa shape index (κ2) is 2.70. The zero-order valence-electron chi connectivity index (χ0n) is 10.1. The van der Waals surface area contributed by atoms with E-state index < -0.39 is 8.24 Å². The fourth-order valence-electron chi connectivity index (χ4n) is 2.32. The second-order valence-corrected chi connectivity index (χ2v) is 10.3. The molecule has 1 aliphatic carbocycles. The fourth-order valence-corrected chi connectivity index (χ4v) is 6.66. The van der Waals surface area contributed by atoms with Crippen molar-refractivity contribution in [2.75, 3.05) is 0 Å². The maximum Gasteiger partial charge on any atom is 0.148 e. The van der Waals surface area contributed by atoms with E-state index in [4.69, 9.17) is 0 Å². The molecular weight excluding hydrogens is 174 g/mol. The van der Waals surface area contributed by atoms with Crippen LogP contribution in [0.3, 0.4) is 0 Å². The minimum absolute atomic E-state index is 0.245. The predicted octanol–water partition coefficient (Wildman–Crippen LogP) is 3.09. The zero-order valence-corrected chi connectivity index (χ0v) is 11.1. The van der Waals surface area contributed by atoms with Gasteiger partial charge in [0.15, 0.2) is 0 Å². The lowest BCUT2D eigenvalue weighted by Crippen LogP contribution is -2.55. The summed E-state index contributed by atoms with van der Waals surface area (Å²) in [5.74, 6) is 0. The van der Waals surface area contributed by atoms with E-state index in [9.17, 15) is 0 Å². The Labute approximate surface area is 83.7 Å². The van der Waals surface area contributed by atoms with Gasteiger partial charge < -0.3 is 4.98 Å². The second-order valence-electron chi connectivity index (χ2n) is 6.28. The van der Waals surface area contributed by atoms with Gasteiger partial charge in [0.05, 0.1) is 0 Å². The quantitative estimate of drug-likeness (QED) is 0.671. The summed E-state index contributed by atoms with van der Waals surface area (Å²) in [5.41, 5.74) is 0.656. The van der Waals surface area contributed by atoms with Crippen LogP contribution in [-0.4, -0.2) is 13.8 Å². The Morgan fingerprint density at radius 2 is 1.62 bits per heavy atom. The number of rotatable bonds is 2. The lowest BCUT2D eigenvalue weighted by molar-refractivity contribution is 0.512. The summed E-state index contributed by atoms with van der Waals surface area (Å²) in [4.78, 5) is 3.78. The van der Waals surface area contributed by atoms with Crippen molar-refractivity contribution in [3.8, 4) is 0 Å². The topological polar surface area (TPSA) is 12.0 Å². The molecule has 1 aliphatic rings. The summed E-state index contributed by atoms with van der Waals surface area (Å²) < 4.78 is 0. The average molecular weight is 197 g/mol. The van der Waals surface area contributed by atoms with Gasteiger partial charge in [0.25, 0.3) is 0 Å². The summed E-state index contributed by atoms with van der Waals surface area (Å²) >= 11 is 0. The molecule has 2 heteroatoms. The Balaban J connectivity index is 2.64. The van der Waals surface area contributed by atoms with Crippen molar-refractivity contribution in [2.24, 2.45) is 5.41 Å². The van der Waals surface area contributed by atoms with E-state index in [0.29, 0.717) is 5.41 Å². The molecule has 0 atom stereocenters. The minimum Gasteiger partial charge on any atom is -0.329 e. The predicted molar refractivity (Wildman–Crippen MR) is 62.2 cm³/mol. The van der Waals surface area contributed by atoms with Crippen molar-refractivity contribution >= 4 is 8.24 Å². The monoisotopic (exact) mass is 197 g/mol. The molecule has 0 spiro atoms. The average Bonchev–Trinajstić information content (AvgIpc) is 2.33. The van der Waals surface area contributed by atoms with Crippen molar-refractivity contribution in [1.29, 1.82) is 0 Å². The minimum atomic E-state index is -1.33. The van der Waals surface area contributed by atoms with Crippen LogP contribution in [0.15, 0.2) is 11.3 Å². The van der Waals surface area contributed by atoms with E-state index in [-0.39, 0.29) is 5.54 Å². The Kier molecular flexibility index (Phi) is 2.29. The maximum absolute atomic E-state index is 3.78. The van der Waals surface area contributed by atoms with E-state index in [1.54, 1.807) is 5.20 Å². The highest BCUT2D eigenvalue weighted by molar-refractivity contribution is 6.83. The van der Waals surface area contributed by atoms with Gasteiger partial charge in [0, 0.05) is 11.0 Å². The Bertz CT molecular complexity index is 243. The summed E-state index contributed by atoms with van der Waals surface area (Å²) in [6.07, 6.45) is 2.41. The molecule has 0 saturated carbocycles. The summed E-state index contributed by atoms with van der Waals surface area (Å²) in [7, 11) is -1.33. The Hall–Kier alpha value is -0.0831. The highest BCUT2D eigenvalue weighted by Crippen LogP contribution is 2.47. The van der Waals surface area contributed by atoms with Crippen LogP contribution in [0, 0.1) is 5.41 Å². The SMILES string of the molecule is CC(C)(C)N[Si](C)(C)C1=CC1(C)C. The third kappa shape index (κ3) is 2.68. The molecule has 1 nitrogen and oxygen atoms in total. The molecule has 0 unspecified atom stereocenters. The van der Waals surface area contributed by atoms with Crippen LogP contribution in [0.2, 0.25) is 13.1 Å². The number of nitrogens with one attached hydrogen (secondary N) is 1. The third-order valence-electron chi connectivity index (χ3n) is 2.48. The van der Waals surface area contributed by atoms with Gasteiger partial charge in [0.2, 0.25) is 0 Å². The van der Waals surface area contributed by atoms with E-state index in [0.717, 1.165) is 0 Å². The van der Waals surface area contributed by atoms with Crippen molar-refractivity contribution in [2.45, 2.75) is 53.3 Å². The third-order valence-corrected chi connectivity index (χ3v) is 5.99. The van der Waals surface area contributed by atoms with Crippen molar-refractivity contribution in [3.05, 3.63) is 11.3 Å². The van der Waals surface area contributed by atoms with Crippen molar-refractivity contribution in [3.63, 3.8) is 0 Å². The molecule has 1 N–H and O–H groups in total. The first kappa shape index (κ1) is 11.0. The molecule has 76 valence electrons. The number of hydrogen-bond donors (Lipinski definition) is 1. The molecule has 1 rings (SSSR count). The van der Waals surface area contributed by atoms with Crippen molar-refractivity contribution in [1.82, 2.24) is 4.98 Å². The molecule has 13 heavy (non-hydrogen) atoms. The van der Waals surface area contributed by atoms with Crippen LogP contribution < -0.4 is 4.98 Å². The van der Waals surface area contributed by atoms with Crippen LogP contribution in [0.5, 0.6) is 0 Å². The zero-order chi connectivity index (χ0) is 10.5. The molecule has 0 saturated heterocycles. The molecule has 0 heterocycles. The molecule has 0 fully saturated rings. The first-order chi connectivity index (χ1) is 5.55. The van der Waals surface area contributed by atoms with Gasteiger partial charge >= 0.3 is 0 Å². The van der Waals surface area contributed by atoms with E-state index >= 15 is 0 Å². The first-order valence-electron chi connectivity index (χ1n) is 5.08. The maximum atomic E-state index is 3.78. The molecule has 0 aromatic carbocycles. The van der Waals surface area contributed by atoms with Gasteiger partial charge in [-0.25, -0.2) is 0 Å². The van der Waals surface area contributed by atoms with Crippen LogP contribution in [0.4, 0.5) is 0 Å². The number of hydrogen-bond acceptors (Lipinski definition) is 1. The van der Waals surface area contributed by atoms with Crippen LogP contribution >= 0.6 is 0 Å². The van der Waals surface area contributed by atoms with Gasteiger partial charge in [-0.3, -0.25) is 0 Å². The van der Waals surface area contributed by atoms with E-state index in [1.807, 2.05) is 0 Å². The molecule has 0 aromatic rings. The Morgan fingerprint density at radius 3 is 1.85 bits per heavy atom. The fraction of sp³-hybridized carbons (Fsp3) is 0.818. The molecule has 0 aromatic heterocycles. The molecule has 0 bridgehead atoms. The molecular formula is C11H23NSi. The molecule has 0 aliphatic heterocycles. The largest absolute Gasteiger partial charge is 0.329 e. The smallest absolute Gasteiger partial charge is 0.148 e. The number of allylic oxidation sites excluding steroid dienone is 2. The highest BCUT2D eigenvalue weighted by atomic mass is 28.3.